The number of halogens is 1. The van der Waals surface area contributed by atoms with E-state index in [9.17, 15) is 8.42 Å². The molecule has 0 fully saturated rings. The summed E-state index contributed by atoms with van der Waals surface area (Å²) in [7, 11) is 1.45. The van der Waals surface area contributed by atoms with E-state index < -0.39 is 9.05 Å². The van der Waals surface area contributed by atoms with E-state index in [1.54, 1.807) is 13.8 Å². The van der Waals surface area contributed by atoms with Crippen LogP contribution in [0, 0.1) is 13.8 Å². The largest absolute Gasteiger partial charge is 0.279 e. The molecule has 1 aromatic rings. The first-order chi connectivity index (χ1) is 4.91. The van der Waals surface area contributed by atoms with E-state index in [4.69, 9.17) is 10.7 Å². The van der Waals surface area contributed by atoms with Gasteiger partial charge in [0, 0.05) is 15.6 Å². The monoisotopic (exact) mass is 211 g/mol. The summed E-state index contributed by atoms with van der Waals surface area (Å²) in [5.74, 6) is 0. The average molecular weight is 212 g/mol. The Morgan fingerprint density at radius 2 is 2.00 bits per heavy atom. The molecule has 6 heteroatoms. The molecule has 1 rings (SSSR count). The molecule has 0 aromatic carbocycles. The smallest absolute Gasteiger partial charge is 0.228 e. The topological polar surface area (TPSA) is 47.0 Å². The van der Waals surface area contributed by atoms with Crippen LogP contribution in [-0.4, -0.2) is 13.4 Å². The fraction of sp³-hybridized carbons (Fsp3) is 0.400. The molecule has 0 aliphatic rings. The molecule has 0 bridgehead atoms. The van der Waals surface area contributed by atoms with Crippen LogP contribution in [0.3, 0.4) is 0 Å². The van der Waals surface area contributed by atoms with Gasteiger partial charge in [0.2, 0.25) is 0 Å². The molecule has 0 saturated heterocycles. The van der Waals surface area contributed by atoms with E-state index in [2.05, 4.69) is 4.98 Å². The lowest BCUT2D eigenvalue weighted by Crippen LogP contribution is -1.92. The Morgan fingerprint density at radius 1 is 1.45 bits per heavy atom. The first kappa shape index (κ1) is 8.96. The van der Waals surface area contributed by atoms with Crippen LogP contribution < -0.4 is 0 Å². The van der Waals surface area contributed by atoms with Gasteiger partial charge >= 0.3 is 0 Å². The quantitative estimate of drug-likeness (QED) is 0.665. The predicted molar refractivity (Wildman–Crippen MR) is 44.6 cm³/mol. The molecule has 62 valence electrons. The van der Waals surface area contributed by atoms with Crippen molar-refractivity contribution in [1.29, 1.82) is 0 Å². The highest BCUT2D eigenvalue weighted by molar-refractivity contribution is 8.13. The van der Waals surface area contributed by atoms with Crippen LogP contribution in [0.4, 0.5) is 0 Å². The lowest BCUT2D eigenvalue weighted by Gasteiger charge is -1.87. The molecule has 0 unspecified atom stereocenters. The third-order valence-electron chi connectivity index (χ3n) is 1.09. The van der Waals surface area contributed by atoms with Crippen molar-refractivity contribution in [3.8, 4) is 0 Å². The van der Waals surface area contributed by atoms with Gasteiger partial charge in [0.1, 0.15) is 0 Å². The molecule has 0 amide bonds. The summed E-state index contributed by atoms with van der Waals surface area (Å²) in [6.07, 6.45) is 0. The summed E-state index contributed by atoms with van der Waals surface area (Å²) < 4.78 is 21.6. The van der Waals surface area contributed by atoms with Gasteiger partial charge in [-0.3, -0.25) is 0 Å². The molecular formula is C5H6ClNO2S2. The van der Waals surface area contributed by atoms with Crippen molar-refractivity contribution < 1.29 is 8.42 Å². The molecule has 0 N–H and O–H groups in total. The SMILES string of the molecule is Cc1nc(S(=O)(=O)Cl)c(C)s1. The standard InChI is InChI=1S/C5H6ClNO2S2/c1-3-5(11(6,8)9)7-4(2)10-3/h1-2H3. The van der Waals surface area contributed by atoms with Crippen LogP contribution in [0.25, 0.3) is 0 Å². The minimum Gasteiger partial charge on any atom is -0.228 e. The molecule has 1 aromatic heterocycles. The zero-order valence-corrected chi connectivity index (χ0v) is 8.35. The second kappa shape index (κ2) is 2.73. The number of aryl methyl sites for hydroxylation is 2. The minimum absolute atomic E-state index is 0.0123. The fourth-order valence-corrected chi connectivity index (χ4v) is 3.14. The van der Waals surface area contributed by atoms with Gasteiger partial charge in [-0.25, -0.2) is 13.4 Å². The van der Waals surface area contributed by atoms with Crippen LogP contribution in [-0.2, 0) is 9.05 Å². The molecule has 0 aliphatic carbocycles. The van der Waals surface area contributed by atoms with Crippen molar-refractivity contribution in [2.75, 3.05) is 0 Å². The van der Waals surface area contributed by atoms with Crippen LogP contribution >= 0.6 is 22.0 Å². The van der Waals surface area contributed by atoms with Crippen molar-refractivity contribution in [2.24, 2.45) is 0 Å². The molecular weight excluding hydrogens is 206 g/mol. The minimum atomic E-state index is -3.64. The van der Waals surface area contributed by atoms with E-state index in [1.165, 1.54) is 11.3 Å². The molecule has 0 atom stereocenters. The second-order valence-corrected chi connectivity index (χ2v) is 5.92. The lowest BCUT2D eigenvalue weighted by molar-refractivity contribution is 0.606. The number of rotatable bonds is 1. The van der Waals surface area contributed by atoms with E-state index in [0.29, 0.717) is 9.88 Å². The summed E-state index contributed by atoms with van der Waals surface area (Å²) in [6, 6.07) is 0. The number of thiazole rings is 1. The van der Waals surface area contributed by atoms with E-state index in [-0.39, 0.29) is 5.03 Å². The third kappa shape index (κ3) is 1.91. The van der Waals surface area contributed by atoms with E-state index in [1.807, 2.05) is 0 Å². The fourth-order valence-electron chi connectivity index (χ4n) is 0.736. The second-order valence-electron chi connectivity index (χ2n) is 2.03. The first-order valence-corrected chi connectivity index (χ1v) is 5.92. The van der Waals surface area contributed by atoms with Crippen molar-refractivity contribution in [3.05, 3.63) is 9.88 Å². The maximum atomic E-state index is 10.8. The van der Waals surface area contributed by atoms with Crippen LogP contribution in [0.2, 0.25) is 0 Å². The number of hydrogen-bond acceptors (Lipinski definition) is 4. The summed E-state index contributed by atoms with van der Waals surface area (Å²) >= 11 is 1.32. The van der Waals surface area contributed by atoms with Gasteiger partial charge in [0.05, 0.1) is 5.01 Å². The highest BCUT2D eigenvalue weighted by Crippen LogP contribution is 2.23. The van der Waals surface area contributed by atoms with Crippen molar-refractivity contribution in [1.82, 2.24) is 4.98 Å². The summed E-state index contributed by atoms with van der Waals surface area (Å²) in [5.41, 5.74) is 0. The van der Waals surface area contributed by atoms with E-state index in [0.717, 1.165) is 0 Å². The lowest BCUT2D eigenvalue weighted by atomic mass is 10.6. The van der Waals surface area contributed by atoms with Gasteiger partial charge in [-0.05, 0) is 13.8 Å². The van der Waals surface area contributed by atoms with Gasteiger partial charge in [0.15, 0.2) is 5.03 Å². The Hall–Kier alpha value is -0.130. The summed E-state index contributed by atoms with van der Waals surface area (Å²) in [6.45, 7) is 3.42. The average Bonchev–Trinajstić information content (AvgIpc) is 2.08. The molecule has 3 nitrogen and oxygen atoms in total. The van der Waals surface area contributed by atoms with Gasteiger partial charge in [-0.1, -0.05) is 0 Å². The van der Waals surface area contributed by atoms with Crippen molar-refractivity contribution >= 4 is 31.1 Å². The molecule has 0 aliphatic heterocycles. The molecule has 11 heavy (non-hydrogen) atoms. The highest BCUT2D eigenvalue weighted by Gasteiger charge is 2.17. The predicted octanol–water partition coefficient (Wildman–Crippen LogP) is 1.69. The third-order valence-corrected chi connectivity index (χ3v) is 3.41. The maximum absolute atomic E-state index is 10.8. The van der Waals surface area contributed by atoms with Crippen LogP contribution in [0.1, 0.15) is 9.88 Å². The normalized spacial score (nSPS) is 11.9. The molecule has 0 spiro atoms. The summed E-state index contributed by atoms with van der Waals surface area (Å²) in [5, 5.41) is 0.698. The Labute approximate surface area is 73.5 Å². The van der Waals surface area contributed by atoms with E-state index >= 15 is 0 Å². The Balaban J connectivity index is 3.36. The van der Waals surface area contributed by atoms with Gasteiger partial charge in [-0.15, -0.1) is 11.3 Å². The number of aromatic nitrogens is 1. The number of nitrogens with zero attached hydrogens (tertiary/aromatic N) is 1. The zero-order valence-electron chi connectivity index (χ0n) is 5.96. The van der Waals surface area contributed by atoms with Crippen molar-refractivity contribution in [2.45, 2.75) is 18.9 Å². The Morgan fingerprint density at radius 3 is 2.18 bits per heavy atom. The Kier molecular flexibility index (Phi) is 2.22. The molecule has 0 radical (unpaired) electrons. The summed E-state index contributed by atoms with van der Waals surface area (Å²) in [4.78, 5) is 4.42. The number of hydrogen-bond donors (Lipinski definition) is 0. The van der Waals surface area contributed by atoms with Crippen LogP contribution in [0.15, 0.2) is 5.03 Å². The van der Waals surface area contributed by atoms with Gasteiger partial charge < -0.3 is 0 Å². The zero-order chi connectivity index (χ0) is 8.65. The van der Waals surface area contributed by atoms with Crippen molar-refractivity contribution in [3.63, 3.8) is 0 Å². The van der Waals surface area contributed by atoms with Gasteiger partial charge in [-0.2, -0.15) is 0 Å². The first-order valence-electron chi connectivity index (χ1n) is 2.80. The maximum Gasteiger partial charge on any atom is 0.279 e. The molecule has 0 saturated carbocycles. The van der Waals surface area contributed by atoms with Gasteiger partial charge in [0.25, 0.3) is 9.05 Å². The van der Waals surface area contributed by atoms with Crippen LogP contribution in [0.5, 0.6) is 0 Å². The molecule has 1 heterocycles. The highest BCUT2D eigenvalue weighted by atomic mass is 35.7. The Bertz CT molecular complexity index is 368.